The van der Waals surface area contributed by atoms with Crippen LogP contribution in [-0.4, -0.2) is 72.4 Å². The lowest BCUT2D eigenvalue weighted by atomic mass is 10.0. The van der Waals surface area contributed by atoms with E-state index in [0.29, 0.717) is 35.5 Å². The Labute approximate surface area is 175 Å². The monoisotopic (exact) mass is 411 g/mol. The van der Waals surface area contributed by atoms with Crippen LogP contribution in [0.2, 0.25) is 0 Å². The van der Waals surface area contributed by atoms with Crippen LogP contribution < -0.4 is 0 Å². The molecule has 158 valence electrons. The van der Waals surface area contributed by atoms with Crippen molar-refractivity contribution >= 4 is 17.3 Å². The normalized spacial score (nSPS) is 15.5. The van der Waals surface area contributed by atoms with Crippen molar-refractivity contribution in [2.24, 2.45) is 5.18 Å². The minimum absolute atomic E-state index is 0.0301. The maximum atomic E-state index is 14.2. The van der Waals surface area contributed by atoms with Crippen molar-refractivity contribution in [3.63, 3.8) is 0 Å². The highest BCUT2D eigenvalue weighted by Gasteiger charge is 2.24. The molecule has 0 atom stereocenters. The maximum absolute atomic E-state index is 14.2. The molecule has 0 unspecified atom stereocenters. The van der Waals surface area contributed by atoms with Gasteiger partial charge in [0.1, 0.15) is 11.5 Å². The highest BCUT2D eigenvalue weighted by atomic mass is 19.1. The van der Waals surface area contributed by atoms with Gasteiger partial charge in [0.25, 0.3) is 0 Å². The maximum Gasteiger partial charge on any atom is 0.242 e. The summed E-state index contributed by atoms with van der Waals surface area (Å²) in [6, 6.07) is 8.04. The summed E-state index contributed by atoms with van der Waals surface area (Å²) in [4.78, 5) is 34.4. The summed E-state index contributed by atoms with van der Waals surface area (Å²) in [6.07, 6.45) is 3.20. The first-order chi connectivity index (χ1) is 14.4. The molecule has 1 aliphatic heterocycles. The van der Waals surface area contributed by atoms with Gasteiger partial charge in [0.15, 0.2) is 0 Å². The molecule has 1 aliphatic rings. The van der Waals surface area contributed by atoms with E-state index in [-0.39, 0.29) is 18.1 Å². The van der Waals surface area contributed by atoms with E-state index in [9.17, 15) is 14.1 Å². The third kappa shape index (κ3) is 4.88. The van der Waals surface area contributed by atoms with Gasteiger partial charge in [-0.25, -0.2) is 4.39 Å². The average Bonchev–Trinajstić information content (AvgIpc) is 2.75. The quantitative estimate of drug-likeness (QED) is 0.684. The molecule has 0 saturated carbocycles. The van der Waals surface area contributed by atoms with Crippen LogP contribution in [0.3, 0.4) is 0 Å². The first-order valence-corrected chi connectivity index (χ1v) is 9.82. The smallest absolute Gasteiger partial charge is 0.242 e. The molecule has 3 rings (SSSR count). The number of likely N-dealkylation sites (N-methyl/N-ethyl adjacent to an activating group) is 2. The van der Waals surface area contributed by atoms with Gasteiger partial charge in [0, 0.05) is 56.7 Å². The van der Waals surface area contributed by atoms with E-state index in [1.54, 1.807) is 55.5 Å². The number of nitrogens with zero attached hydrogens (tertiary/aromatic N) is 5. The Kier molecular flexibility index (Phi) is 6.89. The number of halogens is 1. The number of aromatic nitrogens is 1. The zero-order valence-electron chi connectivity index (χ0n) is 17.5. The van der Waals surface area contributed by atoms with E-state index < -0.39 is 5.82 Å². The van der Waals surface area contributed by atoms with Gasteiger partial charge in [0.05, 0.1) is 12.2 Å². The fourth-order valence-electron chi connectivity index (χ4n) is 3.46. The van der Waals surface area contributed by atoms with Crippen molar-refractivity contribution in [2.75, 3.05) is 46.8 Å². The number of piperazine rings is 1. The molecule has 0 N–H and O–H groups in total. The molecule has 0 radical (unpaired) electrons. The van der Waals surface area contributed by atoms with Crippen LogP contribution in [0.5, 0.6) is 0 Å². The van der Waals surface area contributed by atoms with E-state index in [1.165, 1.54) is 6.07 Å². The number of amides is 1. The Bertz CT molecular complexity index is 940. The van der Waals surface area contributed by atoms with Crippen LogP contribution in [0.15, 0.2) is 47.9 Å². The Balaban J connectivity index is 1.97. The number of carbonyl (C=O) groups excluding carboxylic acids is 1. The number of carbonyl (C=O) groups is 1. The average molecular weight is 411 g/mol. The van der Waals surface area contributed by atoms with Gasteiger partial charge in [-0.2, -0.15) is 0 Å². The second-order valence-electron chi connectivity index (χ2n) is 7.53. The van der Waals surface area contributed by atoms with Gasteiger partial charge in [0.2, 0.25) is 5.91 Å². The fourth-order valence-corrected chi connectivity index (χ4v) is 3.46. The van der Waals surface area contributed by atoms with E-state index in [2.05, 4.69) is 15.1 Å². The van der Waals surface area contributed by atoms with Gasteiger partial charge in [-0.1, -0.05) is 12.1 Å². The van der Waals surface area contributed by atoms with Gasteiger partial charge in [-0.05, 0) is 42.9 Å². The number of nitroso groups, excluding NO2 is 1. The van der Waals surface area contributed by atoms with Gasteiger partial charge >= 0.3 is 0 Å². The van der Waals surface area contributed by atoms with Crippen LogP contribution in [0.25, 0.3) is 11.4 Å². The molecular formula is C22H26FN5O2. The number of aryl methyl sites for hydroxylation is 1. The van der Waals surface area contributed by atoms with Gasteiger partial charge < -0.3 is 14.7 Å². The summed E-state index contributed by atoms with van der Waals surface area (Å²) in [6.45, 7) is 4.72. The molecule has 0 bridgehead atoms. The SMILES string of the molecule is Cc1ccc(/C(N=O)=C(\c2ccncc2)N(C)CC(=O)N2CCN(C)CC2)cc1F. The van der Waals surface area contributed by atoms with Crippen molar-refractivity contribution < 1.29 is 9.18 Å². The lowest BCUT2D eigenvalue weighted by Gasteiger charge is -2.34. The number of rotatable bonds is 6. The first kappa shape index (κ1) is 21.6. The van der Waals surface area contributed by atoms with Crippen molar-refractivity contribution in [3.05, 3.63) is 70.1 Å². The molecule has 2 heterocycles. The third-order valence-electron chi connectivity index (χ3n) is 5.32. The molecule has 8 heteroatoms. The topological polar surface area (TPSA) is 69.1 Å². The van der Waals surface area contributed by atoms with Crippen molar-refractivity contribution in [1.82, 2.24) is 19.7 Å². The molecule has 0 spiro atoms. The van der Waals surface area contributed by atoms with E-state index in [4.69, 9.17) is 0 Å². The lowest BCUT2D eigenvalue weighted by Crippen LogP contribution is -2.49. The van der Waals surface area contributed by atoms with Crippen LogP contribution in [0.1, 0.15) is 16.7 Å². The van der Waals surface area contributed by atoms with Crippen LogP contribution in [-0.2, 0) is 4.79 Å². The Morgan fingerprint density at radius 3 is 2.40 bits per heavy atom. The molecule has 7 nitrogen and oxygen atoms in total. The van der Waals surface area contributed by atoms with E-state index >= 15 is 0 Å². The Morgan fingerprint density at radius 1 is 1.13 bits per heavy atom. The molecular weight excluding hydrogens is 385 g/mol. The summed E-state index contributed by atoms with van der Waals surface area (Å²) in [5, 5.41) is 3.23. The second kappa shape index (κ2) is 9.58. The summed E-state index contributed by atoms with van der Waals surface area (Å²) in [7, 11) is 3.76. The highest BCUT2D eigenvalue weighted by Crippen LogP contribution is 2.30. The molecule has 1 fully saturated rings. The molecule has 1 saturated heterocycles. The minimum atomic E-state index is -0.418. The number of hydrogen-bond donors (Lipinski definition) is 0. The molecule has 2 aromatic rings. The van der Waals surface area contributed by atoms with E-state index in [0.717, 1.165) is 13.1 Å². The van der Waals surface area contributed by atoms with Crippen molar-refractivity contribution in [3.8, 4) is 0 Å². The van der Waals surface area contributed by atoms with Crippen molar-refractivity contribution in [1.29, 1.82) is 0 Å². The van der Waals surface area contributed by atoms with Gasteiger partial charge in [-0.3, -0.25) is 9.78 Å². The zero-order valence-corrected chi connectivity index (χ0v) is 17.5. The van der Waals surface area contributed by atoms with Crippen LogP contribution in [0.4, 0.5) is 4.39 Å². The molecule has 0 aliphatic carbocycles. The van der Waals surface area contributed by atoms with Crippen LogP contribution in [0, 0.1) is 17.6 Å². The summed E-state index contributed by atoms with van der Waals surface area (Å²) >= 11 is 0. The number of benzene rings is 1. The highest BCUT2D eigenvalue weighted by molar-refractivity contribution is 5.91. The molecule has 1 amide bonds. The minimum Gasteiger partial charge on any atom is -0.363 e. The Morgan fingerprint density at radius 2 is 1.80 bits per heavy atom. The van der Waals surface area contributed by atoms with Crippen LogP contribution >= 0.6 is 0 Å². The first-order valence-electron chi connectivity index (χ1n) is 9.82. The largest absolute Gasteiger partial charge is 0.363 e. The van der Waals surface area contributed by atoms with E-state index in [1.807, 2.05) is 11.9 Å². The fraction of sp³-hybridized carbons (Fsp3) is 0.364. The number of pyridine rings is 1. The lowest BCUT2D eigenvalue weighted by molar-refractivity contribution is -0.133. The summed E-state index contributed by atoms with van der Waals surface area (Å²) in [5.41, 5.74) is 2.05. The molecule has 1 aromatic heterocycles. The summed E-state index contributed by atoms with van der Waals surface area (Å²) in [5.74, 6) is -0.448. The number of hydrogen-bond acceptors (Lipinski definition) is 6. The molecule has 30 heavy (non-hydrogen) atoms. The Hall–Kier alpha value is -3.13. The zero-order chi connectivity index (χ0) is 21.7. The second-order valence-corrected chi connectivity index (χ2v) is 7.53. The van der Waals surface area contributed by atoms with Crippen molar-refractivity contribution in [2.45, 2.75) is 6.92 Å². The predicted octanol–water partition coefficient (Wildman–Crippen LogP) is 2.83. The predicted molar refractivity (Wildman–Crippen MR) is 115 cm³/mol. The summed E-state index contributed by atoms with van der Waals surface area (Å²) < 4.78 is 14.2. The standard InChI is InChI=1S/C22H26FN5O2/c1-16-4-5-18(14-19(16)23)21(25-30)22(17-6-8-24-9-7-17)27(3)15-20(29)28-12-10-26(2)11-13-28/h4-9,14H,10-13,15H2,1-3H3/b22-21-. The third-order valence-corrected chi connectivity index (χ3v) is 5.32. The van der Waals surface area contributed by atoms with Gasteiger partial charge in [-0.15, -0.1) is 4.91 Å². The molecule has 1 aromatic carbocycles.